The number of nitrogens with zero attached hydrogens (tertiary/aromatic N) is 3. The Hall–Kier alpha value is -2.58. The standard InChI is InChI=1S/C17H17Cl2N5O3/c18-12-2-4-15(14(19)10-12)21-17(25)23-7-1-6-22(8-9-23)16-5-3-13(11-20-16)24(26)27/h2-5,10-11H,1,6-9H2,(H,21,25)/p+1. The SMILES string of the molecule is O=C(Nc1ccc(Cl)cc1Cl)N1CCCN(c2ccc([N+](=O)[O-])c[nH+]2)CC1. The van der Waals surface area contributed by atoms with Gasteiger partial charge in [-0.2, -0.15) is 0 Å². The van der Waals surface area contributed by atoms with Crippen molar-refractivity contribution in [3.63, 3.8) is 0 Å². The van der Waals surface area contributed by atoms with Crippen molar-refractivity contribution in [3.8, 4) is 0 Å². The van der Waals surface area contributed by atoms with E-state index in [4.69, 9.17) is 23.2 Å². The molecule has 2 N–H and O–H groups in total. The van der Waals surface area contributed by atoms with E-state index in [0.29, 0.717) is 35.4 Å². The van der Waals surface area contributed by atoms with Gasteiger partial charge in [-0.05, 0) is 18.2 Å². The van der Waals surface area contributed by atoms with E-state index in [2.05, 4.69) is 15.2 Å². The van der Waals surface area contributed by atoms with Crippen LogP contribution in [-0.2, 0) is 0 Å². The first-order chi connectivity index (χ1) is 12.9. The molecule has 0 saturated carbocycles. The Kier molecular flexibility index (Phi) is 5.98. The molecule has 2 aromatic rings. The topological polar surface area (TPSA) is 92.9 Å². The van der Waals surface area contributed by atoms with Crippen LogP contribution in [0.4, 0.5) is 22.0 Å². The maximum absolute atomic E-state index is 12.5. The van der Waals surface area contributed by atoms with Gasteiger partial charge >= 0.3 is 11.7 Å². The summed E-state index contributed by atoms with van der Waals surface area (Å²) in [5, 5.41) is 14.4. The Bertz CT molecular complexity index is 847. The molecule has 0 aliphatic carbocycles. The molecule has 10 heteroatoms. The molecular weight excluding hydrogens is 393 g/mol. The summed E-state index contributed by atoms with van der Waals surface area (Å²) in [6.45, 7) is 2.46. The number of pyridine rings is 1. The summed E-state index contributed by atoms with van der Waals surface area (Å²) in [7, 11) is 0. The number of benzene rings is 1. The second-order valence-corrected chi connectivity index (χ2v) is 6.91. The van der Waals surface area contributed by atoms with Gasteiger partial charge in [0.05, 0.1) is 28.7 Å². The number of amides is 2. The van der Waals surface area contributed by atoms with E-state index < -0.39 is 4.92 Å². The van der Waals surface area contributed by atoms with E-state index >= 15 is 0 Å². The number of nitrogens with one attached hydrogen (secondary N) is 2. The molecule has 1 aromatic heterocycles. The van der Waals surface area contributed by atoms with Crippen molar-refractivity contribution in [1.82, 2.24) is 4.90 Å². The summed E-state index contributed by atoms with van der Waals surface area (Å²) in [4.78, 5) is 29.6. The van der Waals surface area contributed by atoms with Crippen LogP contribution < -0.4 is 15.2 Å². The average Bonchev–Trinajstić information content (AvgIpc) is 2.90. The fourth-order valence-electron chi connectivity index (χ4n) is 2.87. The summed E-state index contributed by atoms with van der Waals surface area (Å²) in [6, 6.07) is 7.82. The maximum Gasteiger partial charge on any atom is 0.322 e. The van der Waals surface area contributed by atoms with Crippen molar-refractivity contribution in [2.45, 2.75) is 6.42 Å². The Morgan fingerprint density at radius 1 is 1.15 bits per heavy atom. The fourth-order valence-corrected chi connectivity index (χ4v) is 3.32. The third-order valence-corrected chi connectivity index (χ3v) is 4.84. The first kappa shape index (κ1) is 19.2. The molecule has 0 bridgehead atoms. The van der Waals surface area contributed by atoms with Crippen LogP contribution in [0.25, 0.3) is 0 Å². The molecule has 1 saturated heterocycles. The van der Waals surface area contributed by atoms with Gasteiger partial charge in [0.25, 0.3) is 5.82 Å². The number of nitro groups is 1. The Labute approximate surface area is 165 Å². The molecule has 0 radical (unpaired) electrons. The van der Waals surface area contributed by atoms with E-state index in [0.717, 1.165) is 18.8 Å². The van der Waals surface area contributed by atoms with Gasteiger partial charge in [-0.1, -0.05) is 23.2 Å². The molecule has 142 valence electrons. The minimum atomic E-state index is -0.448. The zero-order chi connectivity index (χ0) is 19.4. The highest BCUT2D eigenvalue weighted by atomic mass is 35.5. The number of carbonyl (C=O) groups excluding carboxylic acids is 1. The van der Waals surface area contributed by atoms with Crippen LogP contribution in [0.15, 0.2) is 36.5 Å². The number of rotatable bonds is 3. The van der Waals surface area contributed by atoms with Crippen LogP contribution in [0.1, 0.15) is 6.42 Å². The Balaban J connectivity index is 1.62. The van der Waals surface area contributed by atoms with Gasteiger partial charge in [-0.15, -0.1) is 0 Å². The van der Waals surface area contributed by atoms with Gasteiger partial charge in [0.15, 0.2) is 6.20 Å². The summed E-state index contributed by atoms with van der Waals surface area (Å²) >= 11 is 12.0. The van der Waals surface area contributed by atoms with Gasteiger partial charge in [0.1, 0.15) is 6.54 Å². The number of aromatic nitrogens is 1. The predicted octanol–water partition coefficient (Wildman–Crippen LogP) is 3.46. The third kappa shape index (κ3) is 4.78. The second kappa shape index (κ2) is 8.41. The van der Waals surface area contributed by atoms with E-state index in [-0.39, 0.29) is 11.7 Å². The monoisotopic (exact) mass is 410 g/mol. The highest BCUT2D eigenvalue weighted by Gasteiger charge is 2.24. The van der Waals surface area contributed by atoms with Crippen LogP contribution in [0.2, 0.25) is 10.0 Å². The summed E-state index contributed by atoms with van der Waals surface area (Å²) in [6.07, 6.45) is 2.14. The lowest BCUT2D eigenvalue weighted by atomic mass is 10.3. The second-order valence-electron chi connectivity index (χ2n) is 6.07. The first-order valence-corrected chi connectivity index (χ1v) is 9.11. The molecule has 0 spiro atoms. The Morgan fingerprint density at radius 3 is 2.63 bits per heavy atom. The molecule has 1 fully saturated rings. The van der Waals surface area contributed by atoms with E-state index in [1.807, 2.05) is 0 Å². The van der Waals surface area contributed by atoms with Crippen LogP contribution in [0, 0.1) is 10.1 Å². The number of halogens is 2. The average molecular weight is 411 g/mol. The summed E-state index contributed by atoms with van der Waals surface area (Å²) < 4.78 is 0. The minimum absolute atomic E-state index is 0.00872. The molecule has 3 rings (SSSR count). The number of aromatic amines is 1. The number of hydrogen-bond acceptors (Lipinski definition) is 4. The van der Waals surface area contributed by atoms with Crippen molar-refractivity contribution in [3.05, 3.63) is 56.7 Å². The lowest BCUT2D eigenvalue weighted by molar-refractivity contribution is -0.414. The van der Waals surface area contributed by atoms with Crippen molar-refractivity contribution in [2.24, 2.45) is 0 Å². The lowest BCUT2D eigenvalue weighted by Crippen LogP contribution is -2.38. The van der Waals surface area contributed by atoms with Gasteiger partial charge in [0, 0.05) is 30.1 Å². The quantitative estimate of drug-likeness (QED) is 0.619. The number of hydrogen-bond donors (Lipinski definition) is 1. The molecule has 1 aliphatic heterocycles. The van der Waals surface area contributed by atoms with Gasteiger partial charge in [-0.25, -0.2) is 9.78 Å². The maximum atomic E-state index is 12.5. The third-order valence-electron chi connectivity index (χ3n) is 4.29. The number of H-pyrrole nitrogens is 1. The highest BCUT2D eigenvalue weighted by Crippen LogP contribution is 2.25. The van der Waals surface area contributed by atoms with Crippen molar-refractivity contribution >= 4 is 46.4 Å². The molecule has 8 nitrogen and oxygen atoms in total. The molecule has 2 amide bonds. The molecule has 2 heterocycles. The van der Waals surface area contributed by atoms with Gasteiger partial charge < -0.3 is 10.2 Å². The lowest BCUT2D eigenvalue weighted by Gasteiger charge is -2.20. The number of carbonyl (C=O) groups is 1. The molecule has 1 aliphatic rings. The van der Waals surface area contributed by atoms with Crippen molar-refractivity contribution in [1.29, 1.82) is 0 Å². The van der Waals surface area contributed by atoms with Crippen LogP contribution in [0.5, 0.6) is 0 Å². The molecular formula is C17H18Cl2N5O3+. The molecule has 27 heavy (non-hydrogen) atoms. The molecule has 1 aromatic carbocycles. The highest BCUT2D eigenvalue weighted by molar-refractivity contribution is 6.36. The van der Waals surface area contributed by atoms with Crippen molar-refractivity contribution < 1.29 is 14.7 Å². The smallest absolute Gasteiger partial charge is 0.320 e. The number of urea groups is 1. The number of anilines is 2. The zero-order valence-corrected chi connectivity index (χ0v) is 15.8. The molecule has 0 unspecified atom stereocenters. The summed E-state index contributed by atoms with van der Waals surface area (Å²) in [5.74, 6) is 0.781. The minimum Gasteiger partial charge on any atom is -0.320 e. The Morgan fingerprint density at radius 2 is 1.96 bits per heavy atom. The van der Waals surface area contributed by atoms with E-state index in [9.17, 15) is 14.9 Å². The van der Waals surface area contributed by atoms with Crippen LogP contribution in [0.3, 0.4) is 0 Å². The largest absolute Gasteiger partial charge is 0.322 e. The van der Waals surface area contributed by atoms with E-state index in [1.54, 1.807) is 29.2 Å². The van der Waals surface area contributed by atoms with E-state index in [1.165, 1.54) is 12.3 Å². The predicted molar refractivity (Wildman–Crippen MR) is 104 cm³/mol. The normalized spacial score (nSPS) is 14.6. The molecule has 0 atom stereocenters. The first-order valence-electron chi connectivity index (χ1n) is 8.36. The van der Waals surface area contributed by atoms with Crippen molar-refractivity contribution in [2.75, 3.05) is 36.4 Å². The summed E-state index contributed by atoms with van der Waals surface area (Å²) in [5.41, 5.74) is 0.519. The zero-order valence-electron chi connectivity index (χ0n) is 14.3. The van der Waals surface area contributed by atoms with Crippen LogP contribution in [-0.4, -0.2) is 42.0 Å². The van der Waals surface area contributed by atoms with Gasteiger partial charge in [0.2, 0.25) is 0 Å². The fraction of sp³-hybridized carbons (Fsp3) is 0.294. The van der Waals surface area contributed by atoms with Crippen LogP contribution >= 0.6 is 23.2 Å². The van der Waals surface area contributed by atoms with Gasteiger partial charge in [-0.3, -0.25) is 15.0 Å².